The van der Waals surface area contributed by atoms with Gasteiger partial charge < -0.3 is 11.1 Å². The highest BCUT2D eigenvalue weighted by molar-refractivity contribution is 5.88. The summed E-state index contributed by atoms with van der Waals surface area (Å²) in [4.78, 5) is 8.58. The Bertz CT molecular complexity index is 578. The molecule has 1 atom stereocenters. The number of halogens is 1. The largest absolute Gasteiger partial charge is 0.383 e. The van der Waals surface area contributed by atoms with E-state index in [0.29, 0.717) is 28.5 Å². The summed E-state index contributed by atoms with van der Waals surface area (Å²) in [5.74, 6) is 1.18. The molecule has 3 rings (SSSR count). The molecule has 0 amide bonds. The summed E-state index contributed by atoms with van der Waals surface area (Å²) in [5, 5.41) is 3.88. The van der Waals surface area contributed by atoms with E-state index in [2.05, 4.69) is 15.3 Å². The minimum Gasteiger partial charge on any atom is -0.383 e. The number of para-hydroxylation sites is 1. The van der Waals surface area contributed by atoms with Gasteiger partial charge in [0.1, 0.15) is 23.0 Å². The lowest BCUT2D eigenvalue weighted by Gasteiger charge is -2.09. The van der Waals surface area contributed by atoms with Crippen molar-refractivity contribution in [3.63, 3.8) is 0 Å². The first-order valence-corrected chi connectivity index (χ1v) is 6.15. The number of benzene rings is 1. The van der Waals surface area contributed by atoms with Gasteiger partial charge in [0.25, 0.3) is 0 Å². The number of hydrogen-bond donors (Lipinski definition) is 2. The maximum Gasteiger partial charge on any atom is 0.149 e. The van der Waals surface area contributed by atoms with Crippen LogP contribution in [0.3, 0.4) is 0 Å². The first-order chi connectivity index (χ1) is 8.74. The lowest BCUT2D eigenvalue weighted by atomic mass is 10.0. The van der Waals surface area contributed by atoms with Crippen molar-refractivity contribution in [1.82, 2.24) is 15.3 Å². The first kappa shape index (κ1) is 11.3. The Labute approximate surface area is 104 Å². The highest BCUT2D eigenvalue weighted by Gasteiger charge is 2.17. The number of nitrogens with one attached hydrogen (secondary N) is 1. The van der Waals surface area contributed by atoms with E-state index < -0.39 is 0 Å². The number of anilines is 1. The monoisotopic (exact) mass is 246 g/mol. The van der Waals surface area contributed by atoms with Gasteiger partial charge in [0.15, 0.2) is 0 Å². The molecule has 2 aromatic rings. The molecule has 1 unspecified atom stereocenters. The third-order valence-corrected chi connectivity index (χ3v) is 3.39. The fraction of sp³-hybridized carbons (Fsp3) is 0.385. The van der Waals surface area contributed by atoms with Crippen molar-refractivity contribution in [3.8, 4) is 0 Å². The molecule has 1 saturated heterocycles. The molecule has 0 bridgehead atoms. The van der Waals surface area contributed by atoms with Crippen LogP contribution in [0.25, 0.3) is 10.9 Å². The first-order valence-electron chi connectivity index (χ1n) is 6.15. The lowest BCUT2D eigenvalue weighted by Crippen LogP contribution is -2.13. The predicted octanol–water partition coefficient (Wildman–Crippen LogP) is 1.50. The van der Waals surface area contributed by atoms with Gasteiger partial charge in [-0.3, -0.25) is 0 Å². The van der Waals surface area contributed by atoms with Crippen LogP contribution in [0.2, 0.25) is 0 Å². The van der Waals surface area contributed by atoms with E-state index in [9.17, 15) is 4.39 Å². The van der Waals surface area contributed by atoms with Gasteiger partial charge in [-0.1, -0.05) is 6.07 Å². The lowest BCUT2D eigenvalue weighted by molar-refractivity contribution is 0.562. The molecule has 4 nitrogen and oxygen atoms in total. The maximum absolute atomic E-state index is 13.7. The van der Waals surface area contributed by atoms with E-state index in [1.807, 2.05) is 0 Å². The van der Waals surface area contributed by atoms with Gasteiger partial charge >= 0.3 is 0 Å². The Hall–Kier alpha value is -1.75. The highest BCUT2D eigenvalue weighted by Crippen LogP contribution is 2.22. The van der Waals surface area contributed by atoms with Crippen molar-refractivity contribution in [2.75, 3.05) is 18.8 Å². The molecule has 0 spiro atoms. The van der Waals surface area contributed by atoms with Crippen LogP contribution < -0.4 is 11.1 Å². The van der Waals surface area contributed by atoms with E-state index in [-0.39, 0.29) is 5.82 Å². The SMILES string of the molecule is Nc1nc(CC2CCNC2)nc2c(F)cccc12. The molecule has 5 heteroatoms. The van der Waals surface area contributed by atoms with Crippen LogP contribution in [0, 0.1) is 11.7 Å². The minimum atomic E-state index is -0.340. The summed E-state index contributed by atoms with van der Waals surface area (Å²) in [6, 6.07) is 4.77. The number of nitrogens with zero attached hydrogens (tertiary/aromatic N) is 2. The number of fused-ring (bicyclic) bond motifs is 1. The molecule has 0 aliphatic carbocycles. The molecule has 1 aromatic carbocycles. The molecule has 1 aromatic heterocycles. The second-order valence-corrected chi connectivity index (χ2v) is 4.72. The van der Waals surface area contributed by atoms with Crippen LogP contribution in [0.5, 0.6) is 0 Å². The Morgan fingerprint density at radius 2 is 2.28 bits per heavy atom. The van der Waals surface area contributed by atoms with Crippen LogP contribution in [0.1, 0.15) is 12.2 Å². The smallest absolute Gasteiger partial charge is 0.149 e. The Morgan fingerprint density at radius 3 is 3.06 bits per heavy atom. The van der Waals surface area contributed by atoms with Crippen LogP contribution in [0.15, 0.2) is 18.2 Å². The molecule has 2 heterocycles. The molecular weight excluding hydrogens is 231 g/mol. The second kappa shape index (κ2) is 4.49. The average molecular weight is 246 g/mol. The van der Waals surface area contributed by atoms with E-state index in [1.165, 1.54) is 6.07 Å². The third-order valence-electron chi connectivity index (χ3n) is 3.39. The van der Waals surface area contributed by atoms with Gasteiger partial charge in [0.05, 0.1) is 0 Å². The third kappa shape index (κ3) is 2.01. The zero-order valence-electron chi connectivity index (χ0n) is 9.99. The van der Waals surface area contributed by atoms with Crippen molar-refractivity contribution in [3.05, 3.63) is 29.8 Å². The summed E-state index contributed by atoms with van der Waals surface area (Å²) < 4.78 is 13.7. The normalized spacial score (nSPS) is 19.5. The van der Waals surface area contributed by atoms with E-state index in [1.54, 1.807) is 12.1 Å². The topological polar surface area (TPSA) is 63.8 Å². The maximum atomic E-state index is 13.7. The summed E-state index contributed by atoms with van der Waals surface area (Å²) in [7, 11) is 0. The zero-order valence-corrected chi connectivity index (χ0v) is 9.99. The molecule has 0 saturated carbocycles. The Morgan fingerprint density at radius 1 is 1.39 bits per heavy atom. The van der Waals surface area contributed by atoms with Gasteiger partial charge in [-0.15, -0.1) is 0 Å². The molecule has 18 heavy (non-hydrogen) atoms. The molecule has 1 aliphatic rings. The van der Waals surface area contributed by atoms with Crippen molar-refractivity contribution in [1.29, 1.82) is 0 Å². The average Bonchev–Trinajstić information content (AvgIpc) is 2.83. The quantitative estimate of drug-likeness (QED) is 0.843. The highest BCUT2D eigenvalue weighted by atomic mass is 19.1. The van der Waals surface area contributed by atoms with Crippen molar-refractivity contribution >= 4 is 16.7 Å². The summed E-state index contributed by atoms with van der Waals surface area (Å²) in [5.41, 5.74) is 6.19. The molecule has 0 radical (unpaired) electrons. The zero-order chi connectivity index (χ0) is 12.5. The minimum absolute atomic E-state index is 0.325. The van der Waals surface area contributed by atoms with Crippen LogP contribution >= 0.6 is 0 Å². The second-order valence-electron chi connectivity index (χ2n) is 4.72. The van der Waals surface area contributed by atoms with E-state index in [4.69, 9.17) is 5.73 Å². The van der Waals surface area contributed by atoms with Gasteiger partial charge in [0.2, 0.25) is 0 Å². The Kier molecular flexibility index (Phi) is 2.83. The van der Waals surface area contributed by atoms with Crippen LogP contribution in [-0.2, 0) is 6.42 Å². The number of nitrogens with two attached hydrogens (primary N) is 1. The molecule has 3 N–H and O–H groups in total. The molecule has 1 aliphatic heterocycles. The standard InChI is InChI=1S/C13H15FN4/c14-10-3-1-2-9-12(10)17-11(18-13(9)15)6-8-4-5-16-7-8/h1-3,8,16H,4-7H2,(H2,15,17,18). The van der Waals surface area contributed by atoms with Gasteiger partial charge in [-0.25, -0.2) is 14.4 Å². The predicted molar refractivity (Wildman–Crippen MR) is 68.6 cm³/mol. The summed E-state index contributed by atoms with van der Waals surface area (Å²) >= 11 is 0. The van der Waals surface area contributed by atoms with Crippen LogP contribution in [-0.4, -0.2) is 23.1 Å². The van der Waals surface area contributed by atoms with Gasteiger partial charge in [-0.2, -0.15) is 0 Å². The number of aromatic nitrogens is 2. The molecule has 94 valence electrons. The number of rotatable bonds is 2. The molecule has 1 fully saturated rings. The van der Waals surface area contributed by atoms with Crippen molar-refractivity contribution in [2.24, 2.45) is 5.92 Å². The van der Waals surface area contributed by atoms with Gasteiger partial charge in [-0.05, 0) is 37.6 Å². The van der Waals surface area contributed by atoms with Crippen molar-refractivity contribution < 1.29 is 4.39 Å². The summed E-state index contributed by atoms with van der Waals surface area (Å²) in [6.45, 7) is 2.00. The number of hydrogen-bond acceptors (Lipinski definition) is 4. The Balaban J connectivity index is 2.00. The molecular formula is C13H15FN4. The van der Waals surface area contributed by atoms with Gasteiger partial charge in [0, 0.05) is 11.8 Å². The fourth-order valence-corrected chi connectivity index (χ4v) is 2.43. The van der Waals surface area contributed by atoms with E-state index in [0.717, 1.165) is 25.9 Å². The summed E-state index contributed by atoms with van der Waals surface area (Å²) in [6.07, 6.45) is 1.86. The van der Waals surface area contributed by atoms with E-state index >= 15 is 0 Å². The fourth-order valence-electron chi connectivity index (χ4n) is 2.43. The van der Waals surface area contributed by atoms with Crippen molar-refractivity contribution in [2.45, 2.75) is 12.8 Å². The van der Waals surface area contributed by atoms with Crippen LogP contribution in [0.4, 0.5) is 10.2 Å². The number of nitrogen functional groups attached to an aromatic ring is 1.